The number of thioether (sulfide) groups is 1. The summed E-state index contributed by atoms with van der Waals surface area (Å²) in [5.41, 5.74) is 1.44. The number of aryl methyl sites for hydroxylation is 1. The zero-order valence-corrected chi connectivity index (χ0v) is 20.0. The summed E-state index contributed by atoms with van der Waals surface area (Å²) in [7, 11) is 0. The smallest absolute Gasteiger partial charge is 0.251 e. The number of rotatable bonds is 9. The maximum atomic E-state index is 13.9. The number of carbonyl (C=O) groups is 2. The lowest BCUT2D eigenvalue weighted by atomic mass is 10.1. The number of hydrogen-bond donors (Lipinski definition) is 2. The van der Waals surface area contributed by atoms with Crippen molar-refractivity contribution in [2.75, 3.05) is 11.1 Å². The number of halogens is 3. The van der Waals surface area contributed by atoms with Gasteiger partial charge in [0, 0.05) is 22.6 Å². The largest absolute Gasteiger partial charge is 0.345 e. The molecule has 1 heterocycles. The van der Waals surface area contributed by atoms with Crippen molar-refractivity contribution in [3.8, 4) is 0 Å². The van der Waals surface area contributed by atoms with Gasteiger partial charge in [-0.15, -0.1) is 16.8 Å². The number of aromatic nitrogens is 3. The van der Waals surface area contributed by atoms with E-state index in [2.05, 4.69) is 43.3 Å². The second-order valence-electron chi connectivity index (χ2n) is 6.93. The lowest BCUT2D eigenvalue weighted by Gasteiger charge is -2.10. The maximum absolute atomic E-state index is 13.9. The van der Waals surface area contributed by atoms with Gasteiger partial charge in [0.1, 0.15) is 5.82 Å². The molecule has 0 saturated heterocycles. The number of nitrogens with zero attached hydrogens (tertiary/aromatic N) is 3. The lowest BCUT2D eigenvalue weighted by molar-refractivity contribution is -0.113. The molecule has 0 radical (unpaired) electrons. The van der Waals surface area contributed by atoms with Crippen molar-refractivity contribution in [2.24, 2.45) is 0 Å². The molecular weight excluding hydrogens is 516 g/mol. The summed E-state index contributed by atoms with van der Waals surface area (Å²) < 4.78 is 29.0. The van der Waals surface area contributed by atoms with Crippen LogP contribution in [0.3, 0.4) is 0 Å². The highest BCUT2D eigenvalue weighted by Crippen LogP contribution is 2.27. The van der Waals surface area contributed by atoms with E-state index in [1.807, 2.05) is 19.1 Å². The van der Waals surface area contributed by atoms with E-state index in [4.69, 9.17) is 0 Å². The summed E-state index contributed by atoms with van der Waals surface area (Å²) in [5, 5.41) is 13.8. The van der Waals surface area contributed by atoms with E-state index in [0.29, 0.717) is 29.2 Å². The molecule has 2 N–H and O–H groups in total. The fourth-order valence-electron chi connectivity index (χ4n) is 2.80. The SMILES string of the molecule is C=CCn1c(CNC(=O)c2ccc(C)cc2)nnc1SCC(=O)Nc1c(F)cc(F)cc1Br. The van der Waals surface area contributed by atoms with Crippen LogP contribution in [0.2, 0.25) is 0 Å². The number of carbonyl (C=O) groups excluding carboxylic acids is 2. The quantitative estimate of drug-likeness (QED) is 0.311. The number of benzene rings is 2. The summed E-state index contributed by atoms with van der Waals surface area (Å²) in [5.74, 6) is -2.00. The molecule has 0 saturated carbocycles. The van der Waals surface area contributed by atoms with Crippen LogP contribution in [0, 0.1) is 18.6 Å². The van der Waals surface area contributed by atoms with Crippen LogP contribution in [0.1, 0.15) is 21.7 Å². The van der Waals surface area contributed by atoms with Crippen LogP contribution in [0.25, 0.3) is 0 Å². The van der Waals surface area contributed by atoms with Crippen LogP contribution < -0.4 is 10.6 Å². The first-order valence-electron chi connectivity index (χ1n) is 9.73. The summed E-state index contributed by atoms with van der Waals surface area (Å²) in [6, 6.07) is 8.92. The highest BCUT2D eigenvalue weighted by molar-refractivity contribution is 9.10. The van der Waals surface area contributed by atoms with Gasteiger partial charge in [-0.05, 0) is 41.1 Å². The van der Waals surface area contributed by atoms with Crippen molar-refractivity contribution in [2.45, 2.75) is 25.2 Å². The van der Waals surface area contributed by atoms with E-state index in [0.717, 1.165) is 23.4 Å². The molecule has 0 aliphatic rings. The molecule has 0 aliphatic heterocycles. The van der Waals surface area contributed by atoms with Crippen LogP contribution in [0.5, 0.6) is 0 Å². The second-order valence-corrected chi connectivity index (χ2v) is 8.72. The molecule has 0 aliphatic carbocycles. The normalized spacial score (nSPS) is 10.7. The zero-order valence-electron chi connectivity index (χ0n) is 17.6. The van der Waals surface area contributed by atoms with Gasteiger partial charge in [-0.1, -0.05) is 35.5 Å². The van der Waals surface area contributed by atoms with E-state index in [1.54, 1.807) is 22.8 Å². The average Bonchev–Trinajstić information content (AvgIpc) is 3.15. The van der Waals surface area contributed by atoms with Crippen LogP contribution in [0.15, 0.2) is 58.7 Å². The van der Waals surface area contributed by atoms with E-state index in [-0.39, 0.29) is 28.4 Å². The molecule has 0 fully saturated rings. The molecule has 0 atom stereocenters. The van der Waals surface area contributed by atoms with Crippen LogP contribution in [0.4, 0.5) is 14.5 Å². The Kier molecular flexibility index (Phi) is 8.34. The molecule has 0 bridgehead atoms. The van der Waals surface area contributed by atoms with Crippen molar-refractivity contribution in [3.05, 3.63) is 82.1 Å². The highest BCUT2D eigenvalue weighted by atomic mass is 79.9. The second kappa shape index (κ2) is 11.2. The molecule has 1 aromatic heterocycles. The van der Waals surface area contributed by atoms with Crippen LogP contribution >= 0.6 is 27.7 Å². The first-order chi connectivity index (χ1) is 15.8. The molecule has 2 amide bonds. The molecule has 3 rings (SSSR count). The monoisotopic (exact) mass is 535 g/mol. The molecule has 172 valence electrons. The first kappa shape index (κ1) is 24.6. The van der Waals surface area contributed by atoms with E-state index < -0.39 is 17.5 Å². The van der Waals surface area contributed by atoms with Gasteiger partial charge in [-0.3, -0.25) is 9.59 Å². The van der Waals surface area contributed by atoms with Gasteiger partial charge in [0.25, 0.3) is 5.91 Å². The van der Waals surface area contributed by atoms with Gasteiger partial charge in [-0.25, -0.2) is 8.78 Å². The Morgan fingerprint density at radius 2 is 1.94 bits per heavy atom. The third-order valence-corrected chi connectivity index (χ3v) is 6.02. The van der Waals surface area contributed by atoms with Crippen molar-refractivity contribution >= 4 is 45.2 Å². The highest BCUT2D eigenvalue weighted by Gasteiger charge is 2.17. The minimum Gasteiger partial charge on any atom is -0.345 e. The Morgan fingerprint density at radius 1 is 1.21 bits per heavy atom. The summed E-state index contributed by atoms with van der Waals surface area (Å²) in [6.07, 6.45) is 1.64. The first-order valence-corrected chi connectivity index (χ1v) is 11.5. The van der Waals surface area contributed by atoms with Crippen molar-refractivity contribution < 1.29 is 18.4 Å². The van der Waals surface area contributed by atoms with Crippen LogP contribution in [-0.2, 0) is 17.9 Å². The minimum absolute atomic E-state index is 0.0890. The zero-order chi connectivity index (χ0) is 24.0. The summed E-state index contributed by atoms with van der Waals surface area (Å²) in [6.45, 7) is 6.15. The molecule has 2 aromatic carbocycles. The summed E-state index contributed by atoms with van der Waals surface area (Å²) >= 11 is 4.12. The Hall–Kier alpha value is -3.05. The number of allylic oxidation sites excluding steroid dienone is 1. The third kappa shape index (κ3) is 6.48. The number of anilines is 1. The molecule has 0 spiro atoms. The van der Waals surface area contributed by atoms with E-state index >= 15 is 0 Å². The molecular formula is C22H20BrF2N5O2S. The summed E-state index contributed by atoms with van der Waals surface area (Å²) in [4.78, 5) is 24.7. The standard InChI is InChI=1S/C22H20BrF2N5O2S/c1-3-8-30-18(11-26-21(32)14-6-4-13(2)5-7-14)28-29-22(30)33-12-19(31)27-20-16(23)9-15(24)10-17(20)25/h3-7,9-10H,1,8,11-12H2,2H3,(H,26,32)(H,27,31). The maximum Gasteiger partial charge on any atom is 0.251 e. The molecule has 33 heavy (non-hydrogen) atoms. The minimum atomic E-state index is -0.887. The van der Waals surface area contributed by atoms with Gasteiger partial charge in [0.2, 0.25) is 5.91 Å². The Balaban J connectivity index is 1.63. The van der Waals surface area contributed by atoms with E-state index in [1.165, 1.54) is 0 Å². The Morgan fingerprint density at radius 3 is 2.61 bits per heavy atom. The van der Waals surface area contributed by atoms with Crippen LogP contribution in [-0.4, -0.2) is 32.3 Å². The van der Waals surface area contributed by atoms with Gasteiger partial charge in [0.05, 0.1) is 18.0 Å². The predicted molar refractivity (Wildman–Crippen MR) is 126 cm³/mol. The van der Waals surface area contributed by atoms with Crippen molar-refractivity contribution in [3.63, 3.8) is 0 Å². The van der Waals surface area contributed by atoms with E-state index in [9.17, 15) is 18.4 Å². The predicted octanol–water partition coefficient (Wildman–Crippen LogP) is 4.47. The molecule has 11 heteroatoms. The molecule has 0 unspecified atom stereocenters. The Bertz CT molecular complexity index is 1160. The fraction of sp³-hybridized carbons (Fsp3) is 0.182. The van der Waals surface area contributed by atoms with Gasteiger partial charge in [-0.2, -0.15) is 0 Å². The number of hydrogen-bond acceptors (Lipinski definition) is 5. The average molecular weight is 536 g/mol. The van der Waals surface area contributed by atoms with Gasteiger partial charge < -0.3 is 15.2 Å². The Labute approximate surface area is 201 Å². The van der Waals surface area contributed by atoms with Crippen molar-refractivity contribution in [1.29, 1.82) is 0 Å². The van der Waals surface area contributed by atoms with Crippen molar-refractivity contribution in [1.82, 2.24) is 20.1 Å². The number of amides is 2. The fourth-order valence-corrected chi connectivity index (χ4v) is 4.08. The van der Waals surface area contributed by atoms with Gasteiger partial charge in [0.15, 0.2) is 16.8 Å². The third-order valence-electron chi connectivity index (χ3n) is 4.43. The topological polar surface area (TPSA) is 88.9 Å². The number of nitrogens with one attached hydrogen (secondary N) is 2. The molecule has 3 aromatic rings. The van der Waals surface area contributed by atoms with Gasteiger partial charge >= 0.3 is 0 Å². The molecule has 7 nitrogen and oxygen atoms in total. The lowest BCUT2D eigenvalue weighted by Crippen LogP contribution is -2.24.